The molecule has 0 bridgehead atoms. The first kappa shape index (κ1) is 21.5. The number of anilines is 1. The number of halogens is 2. The van der Waals surface area contributed by atoms with Crippen molar-refractivity contribution in [2.24, 2.45) is 0 Å². The van der Waals surface area contributed by atoms with Gasteiger partial charge in [-0.15, -0.1) is 10.2 Å². The van der Waals surface area contributed by atoms with Crippen LogP contribution in [0.25, 0.3) is 0 Å². The Balaban J connectivity index is 1.57. The summed E-state index contributed by atoms with van der Waals surface area (Å²) in [6.07, 6.45) is 1.12. The molecule has 1 aliphatic heterocycles. The second kappa shape index (κ2) is 8.40. The van der Waals surface area contributed by atoms with Crippen LogP contribution in [0.2, 0.25) is 0 Å². The maximum absolute atomic E-state index is 13.7. The molecule has 0 saturated carbocycles. The van der Waals surface area contributed by atoms with Crippen LogP contribution < -0.4 is 5.32 Å². The average molecular weight is 465 g/mol. The van der Waals surface area contributed by atoms with Gasteiger partial charge in [-0.3, -0.25) is 4.79 Å². The number of aryl methyl sites for hydroxylation is 1. The third-order valence-corrected chi connectivity index (χ3v) is 8.04. The highest BCUT2D eigenvalue weighted by atomic mass is 32.2. The van der Waals surface area contributed by atoms with Crippen molar-refractivity contribution in [3.8, 4) is 0 Å². The second-order valence-corrected chi connectivity index (χ2v) is 9.96. The fourth-order valence-corrected chi connectivity index (χ4v) is 6.28. The van der Waals surface area contributed by atoms with E-state index in [2.05, 4.69) is 15.5 Å². The van der Waals surface area contributed by atoms with Crippen LogP contribution in [0, 0.1) is 18.6 Å². The topological polar surface area (TPSA) is 92.3 Å². The van der Waals surface area contributed by atoms with Gasteiger partial charge in [0.25, 0.3) is 5.91 Å². The number of rotatable bonds is 5. The maximum Gasteiger partial charge on any atom is 0.286 e. The van der Waals surface area contributed by atoms with Crippen molar-refractivity contribution in [1.29, 1.82) is 0 Å². The van der Waals surface area contributed by atoms with Crippen LogP contribution >= 0.6 is 11.3 Å². The molecular formula is C20H18F2N4O3S2. The van der Waals surface area contributed by atoms with E-state index in [4.69, 9.17) is 0 Å². The van der Waals surface area contributed by atoms with E-state index < -0.39 is 33.6 Å². The first-order chi connectivity index (χ1) is 14.8. The number of sulfonamides is 1. The zero-order chi connectivity index (χ0) is 22.2. The summed E-state index contributed by atoms with van der Waals surface area (Å²) >= 11 is 0.995. The monoisotopic (exact) mass is 464 g/mol. The highest BCUT2D eigenvalue weighted by Crippen LogP contribution is 2.38. The first-order valence-corrected chi connectivity index (χ1v) is 11.7. The minimum absolute atomic E-state index is 0.0607. The molecule has 11 heteroatoms. The van der Waals surface area contributed by atoms with Gasteiger partial charge in [-0.05, 0) is 61.7 Å². The van der Waals surface area contributed by atoms with Gasteiger partial charge in [0.15, 0.2) is 0 Å². The van der Waals surface area contributed by atoms with Crippen molar-refractivity contribution >= 4 is 33.0 Å². The van der Waals surface area contributed by atoms with Crippen LogP contribution in [0.15, 0.2) is 47.4 Å². The minimum atomic E-state index is -3.96. The zero-order valence-corrected chi connectivity index (χ0v) is 18.0. The van der Waals surface area contributed by atoms with Crippen LogP contribution in [0.1, 0.15) is 39.3 Å². The molecule has 0 unspecified atom stereocenters. The summed E-state index contributed by atoms with van der Waals surface area (Å²) in [5.41, 5.74) is 0.846. The maximum atomic E-state index is 13.7. The summed E-state index contributed by atoms with van der Waals surface area (Å²) in [6, 6.07) is 8.35. The lowest BCUT2D eigenvalue weighted by atomic mass is 10.2. The van der Waals surface area contributed by atoms with Gasteiger partial charge in [-0.2, -0.15) is 4.31 Å². The van der Waals surface area contributed by atoms with Crippen molar-refractivity contribution in [1.82, 2.24) is 14.5 Å². The predicted octanol–water partition coefficient (Wildman–Crippen LogP) is 3.90. The molecule has 2 heterocycles. The summed E-state index contributed by atoms with van der Waals surface area (Å²) in [6.45, 7) is 1.87. The van der Waals surface area contributed by atoms with Gasteiger partial charge in [0, 0.05) is 12.2 Å². The number of amides is 1. The van der Waals surface area contributed by atoms with E-state index in [1.165, 1.54) is 40.7 Å². The summed E-state index contributed by atoms with van der Waals surface area (Å²) < 4.78 is 54.4. The molecule has 1 fully saturated rings. The van der Waals surface area contributed by atoms with Crippen molar-refractivity contribution in [2.75, 3.05) is 11.9 Å². The standard InChI is InChI=1S/C20H18F2N4O3S2/c1-12-4-5-14(22)11-17(12)31(28,29)26-10-2-3-16(26)19-24-25-20(30-19)18(27)23-15-8-6-13(21)7-9-15/h4-9,11,16H,2-3,10H2,1H3,(H,23,27)/t16-/m1/s1. The number of hydrogen-bond donors (Lipinski definition) is 1. The highest BCUT2D eigenvalue weighted by Gasteiger charge is 2.39. The van der Waals surface area contributed by atoms with E-state index in [1.54, 1.807) is 6.92 Å². The number of benzene rings is 2. The Bertz CT molecular complexity index is 1230. The number of nitrogens with zero attached hydrogens (tertiary/aromatic N) is 3. The van der Waals surface area contributed by atoms with Crippen LogP contribution in [-0.2, 0) is 10.0 Å². The largest absolute Gasteiger partial charge is 0.320 e. The van der Waals surface area contributed by atoms with Crippen molar-refractivity contribution < 1.29 is 22.0 Å². The molecule has 7 nitrogen and oxygen atoms in total. The third-order valence-electron chi connectivity index (χ3n) is 4.96. The SMILES string of the molecule is Cc1ccc(F)cc1S(=O)(=O)N1CCC[C@@H]1c1nnc(C(=O)Nc2ccc(F)cc2)s1. The number of carbonyl (C=O) groups excluding carboxylic acids is 1. The van der Waals surface area contributed by atoms with Gasteiger partial charge in [-0.1, -0.05) is 17.4 Å². The molecule has 2 aromatic carbocycles. The summed E-state index contributed by atoms with van der Waals surface area (Å²) in [7, 11) is -3.96. The first-order valence-electron chi connectivity index (χ1n) is 9.44. The van der Waals surface area contributed by atoms with Crippen LogP contribution in [-0.4, -0.2) is 35.4 Å². The molecule has 1 atom stereocenters. The summed E-state index contributed by atoms with van der Waals surface area (Å²) in [4.78, 5) is 12.4. The Labute approximate surface area is 181 Å². The Morgan fingerprint density at radius 3 is 2.58 bits per heavy atom. The molecule has 1 saturated heterocycles. The molecule has 0 spiro atoms. The molecule has 0 radical (unpaired) electrons. The van der Waals surface area contributed by atoms with E-state index in [-0.39, 0.29) is 16.4 Å². The van der Waals surface area contributed by atoms with Gasteiger partial charge in [0.2, 0.25) is 15.0 Å². The van der Waals surface area contributed by atoms with Crippen LogP contribution in [0.4, 0.5) is 14.5 Å². The molecule has 162 valence electrons. The lowest BCUT2D eigenvalue weighted by Crippen LogP contribution is -2.31. The second-order valence-electron chi connectivity index (χ2n) is 7.09. The molecule has 1 aliphatic rings. The minimum Gasteiger partial charge on any atom is -0.320 e. The number of carbonyl (C=O) groups is 1. The molecule has 1 aromatic heterocycles. The van der Waals surface area contributed by atoms with E-state index in [1.807, 2.05) is 0 Å². The molecule has 3 aromatic rings. The fraction of sp³-hybridized carbons (Fsp3) is 0.250. The van der Waals surface area contributed by atoms with Crippen molar-refractivity contribution in [3.05, 3.63) is 69.7 Å². The molecule has 1 N–H and O–H groups in total. The van der Waals surface area contributed by atoms with Gasteiger partial charge >= 0.3 is 0 Å². The van der Waals surface area contributed by atoms with Crippen molar-refractivity contribution in [3.63, 3.8) is 0 Å². The molecule has 1 amide bonds. The van der Waals surface area contributed by atoms with Crippen LogP contribution in [0.3, 0.4) is 0 Å². The zero-order valence-electron chi connectivity index (χ0n) is 16.4. The Morgan fingerprint density at radius 2 is 1.84 bits per heavy atom. The number of nitrogens with one attached hydrogen (secondary N) is 1. The van der Waals surface area contributed by atoms with Crippen LogP contribution in [0.5, 0.6) is 0 Å². The normalized spacial score (nSPS) is 17.1. The van der Waals surface area contributed by atoms with Gasteiger partial charge in [0.1, 0.15) is 16.6 Å². The Hall–Kier alpha value is -2.76. The van der Waals surface area contributed by atoms with Crippen molar-refractivity contribution in [2.45, 2.75) is 30.7 Å². The van der Waals surface area contributed by atoms with E-state index in [0.717, 1.165) is 17.4 Å². The van der Waals surface area contributed by atoms with Gasteiger partial charge < -0.3 is 5.32 Å². The third kappa shape index (κ3) is 4.34. The van der Waals surface area contributed by atoms with Gasteiger partial charge in [0.05, 0.1) is 10.9 Å². The molecular weight excluding hydrogens is 446 g/mol. The lowest BCUT2D eigenvalue weighted by Gasteiger charge is -2.23. The highest BCUT2D eigenvalue weighted by molar-refractivity contribution is 7.89. The lowest BCUT2D eigenvalue weighted by molar-refractivity contribution is 0.102. The predicted molar refractivity (Wildman–Crippen MR) is 111 cm³/mol. The van der Waals surface area contributed by atoms with E-state index in [0.29, 0.717) is 29.1 Å². The quantitative estimate of drug-likeness (QED) is 0.618. The van der Waals surface area contributed by atoms with E-state index in [9.17, 15) is 22.0 Å². The summed E-state index contributed by atoms with van der Waals surface area (Å²) in [5.74, 6) is -1.58. The van der Waals surface area contributed by atoms with E-state index >= 15 is 0 Å². The Morgan fingerprint density at radius 1 is 1.13 bits per heavy atom. The average Bonchev–Trinajstić information content (AvgIpc) is 3.41. The Kier molecular flexibility index (Phi) is 5.82. The number of aromatic nitrogens is 2. The molecule has 4 rings (SSSR count). The fourth-order valence-electron chi connectivity index (χ4n) is 3.43. The van der Waals surface area contributed by atoms with Gasteiger partial charge in [-0.25, -0.2) is 17.2 Å². The molecule has 0 aliphatic carbocycles. The summed E-state index contributed by atoms with van der Waals surface area (Å²) in [5, 5.41) is 11.0. The smallest absolute Gasteiger partial charge is 0.286 e. The number of hydrogen-bond acceptors (Lipinski definition) is 6. The molecule has 31 heavy (non-hydrogen) atoms.